The molecule has 0 unspecified atom stereocenters. The van der Waals surface area contributed by atoms with Gasteiger partial charge in [0, 0.05) is 77.4 Å². The van der Waals surface area contributed by atoms with E-state index in [2.05, 4.69) is 46.5 Å². The average molecular weight is 563 g/mol. The SMILES string of the molecule is CNC(=O)CCCN1CCC(N2CC3(CC(N4CCN(c5cc(-c6ccccc6O)nnc5NC)CC4)C3)C2)CC1. The Hall–Kier alpha value is -2.95. The van der Waals surface area contributed by atoms with Gasteiger partial charge in [0.15, 0.2) is 5.82 Å². The van der Waals surface area contributed by atoms with Crippen molar-refractivity contribution in [1.82, 2.24) is 30.2 Å². The third-order valence-corrected chi connectivity index (χ3v) is 10.0. The van der Waals surface area contributed by atoms with Gasteiger partial charge in [0.2, 0.25) is 5.91 Å². The number of nitrogens with one attached hydrogen (secondary N) is 2. The van der Waals surface area contributed by atoms with Gasteiger partial charge in [-0.3, -0.25) is 14.6 Å². The molecule has 1 aromatic carbocycles. The molecule has 1 amide bonds. The smallest absolute Gasteiger partial charge is 0.219 e. The van der Waals surface area contributed by atoms with Gasteiger partial charge < -0.3 is 25.5 Å². The van der Waals surface area contributed by atoms with Crippen LogP contribution in [0.3, 0.4) is 0 Å². The van der Waals surface area contributed by atoms with Crippen LogP contribution in [0.15, 0.2) is 30.3 Å². The summed E-state index contributed by atoms with van der Waals surface area (Å²) in [5.41, 5.74) is 3.02. The number of aromatic nitrogens is 2. The van der Waals surface area contributed by atoms with Crippen LogP contribution in [-0.4, -0.2) is 121 Å². The Labute approximate surface area is 244 Å². The Bertz CT molecular complexity index is 1190. The molecule has 0 atom stereocenters. The van der Waals surface area contributed by atoms with Crippen molar-refractivity contribution in [1.29, 1.82) is 0 Å². The fourth-order valence-corrected chi connectivity index (χ4v) is 7.58. The molecule has 3 aliphatic heterocycles. The molecule has 10 heteroatoms. The van der Waals surface area contributed by atoms with Gasteiger partial charge in [-0.15, -0.1) is 10.2 Å². The number of likely N-dealkylation sites (tertiary alicyclic amines) is 2. The van der Waals surface area contributed by atoms with Crippen LogP contribution in [0.4, 0.5) is 11.5 Å². The number of piperidine rings is 1. The molecule has 1 aliphatic carbocycles. The van der Waals surface area contributed by atoms with E-state index >= 15 is 0 Å². The maximum atomic E-state index is 11.5. The highest BCUT2D eigenvalue weighted by Crippen LogP contribution is 2.51. The van der Waals surface area contributed by atoms with E-state index in [-0.39, 0.29) is 11.7 Å². The quantitative estimate of drug-likeness (QED) is 0.426. The predicted octanol–water partition coefficient (Wildman–Crippen LogP) is 2.47. The number of hydrogen-bond donors (Lipinski definition) is 3. The number of para-hydroxylation sites is 1. The molecule has 3 N–H and O–H groups in total. The molecule has 41 heavy (non-hydrogen) atoms. The first-order valence-electron chi connectivity index (χ1n) is 15.5. The second kappa shape index (κ2) is 12.1. The molecule has 4 heterocycles. The van der Waals surface area contributed by atoms with E-state index < -0.39 is 0 Å². The summed E-state index contributed by atoms with van der Waals surface area (Å²) < 4.78 is 0. The molecule has 4 aliphatic rings. The number of carbonyl (C=O) groups is 1. The third kappa shape index (κ3) is 6.01. The highest BCUT2D eigenvalue weighted by Gasteiger charge is 2.55. The van der Waals surface area contributed by atoms with Gasteiger partial charge in [0.1, 0.15) is 5.75 Å². The molecule has 0 radical (unpaired) electrons. The standard InChI is InChI=1S/C31H46N8O2/c1-32-29(41)8-5-11-36-12-9-23(10-13-36)39-21-31(22-39)19-24(20-31)37-14-16-38(17-15-37)27-18-26(34-35-30(27)33-2)25-6-3-4-7-28(25)40/h3-4,6-7,18,23-24,40H,5,8-17,19-22H2,1-2H3,(H,32,41)(H,33,35). The monoisotopic (exact) mass is 562 g/mol. The van der Waals surface area contributed by atoms with Gasteiger partial charge in [0.25, 0.3) is 0 Å². The zero-order valence-corrected chi connectivity index (χ0v) is 24.7. The maximum absolute atomic E-state index is 11.5. The summed E-state index contributed by atoms with van der Waals surface area (Å²) in [6.45, 7) is 10.0. The van der Waals surface area contributed by atoms with Crippen LogP contribution in [0.5, 0.6) is 5.75 Å². The van der Waals surface area contributed by atoms with E-state index in [4.69, 9.17) is 0 Å². The van der Waals surface area contributed by atoms with E-state index in [1.165, 1.54) is 51.9 Å². The fraction of sp³-hybridized carbons (Fsp3) is 0.645. The molecule has 0 bridgehead atoms. The van der Waals surface area contributed by atoms with Crippen molar-refractivity contribution in [3.05, 3.63) is 30.3 Å². The van der Waals surface area contributed by atoms with Crippen LogP contribution in [0.2, 0.25) is 0 Å². The number of nitrogens with zero attached hydrogens (tertiary/aromatic N) is 6. The van der Waals surface area contributed by atoms with E-state index in [9.17, 15) is 9.90 Å². The number of phenols is 1. The van der Waals surface area contributed by atoms with E-state index in [1.807, 2.05) is 25.2 Å². The maximum Gasteiger partial charge on any atom is 0.219 e. The van der Waals surface area contributed by atoms with Crippen molar-refractivity contribution in [3.63, 3.8) is 0 Å². The number of rotatable bonds is 9. The van der Waals surface area contributed by atoms with Crippen molar-refractivity contribution in [2.24, 2.45) is 5.41 Å². The first kappa shape index (κ1) is 28.2. The third-order valence-electron chi connectivity index (χ3n) is 10.0. The first-order valence-corrected chi connectivity index (χ1v) is 15.5. The summed E-state index contributed by atoms with van der Waals surface area (Å²) in [7, 11) is 3.60. The molecule has 222 valence electrons. The van der Waals surface area contributed by atoms with Gasteiger partial charge >= 0.3 is 0 Å². The van der Waals surface area contributed by atoms with Gasteiger partial charge in [0.05, 0.1) is 11.4 Å². The summed E-state index contributed by atoms with van der Waals surface area (Å²) in [6.07, 6.45) is 6.83. The minimum atomic E-state index is 0.153. The normalized spacial score (nSPS) is 22.3. The lowest BCUT2D eigenvalue weighted by Crippen LogP contribution is -2.69. The van der Waals surface area contributed by atoms with Crippen molar-refractivity contribution >= 4 is 17.4 Å². The highest BCUT2D eigenvalue weighted by molar-refractivity contribution is 5.75. The van der Waals surface area contributed by atoms with Crippen molar-refractivity contribution in [2.75, 3.05) is 83.2 Å². The number of aromatic hydroxyl groups is 1. The van der Waals surface area contributed by atoms with Crippen LogP contribution >= 0.6 is 0 Å². The van der Waals surface area contributed by atoms with E-state index in [0.29, 0.717) is 23.1 Å². The number of carbonyl (C=O) groups excluding carboxylic acids is 1. The number of phenolic OH excluding ortho intramolecular Hbond substituents is 1. The fourth-order valence-electron chi connectivity index (χ4n) is 7.58. The van der Waals surface area contributed by atoms with Crippen LogP contribution in [0, 0.1) is 5.41 Å². The van der Waals surface area contributed by atoms with Crippen LogP contribution < -0.4 is 15.5 Å². The predicted molar refractivity (Wildman–Crippen MR) is 162 cm³/mol. The van der Waals surface area contributed by atoms with Crippen molar-refractivity contribution in [3.8, 4) is 17.0 Å². The van der Waals surface area contributed by atoms with Crippen molar-refractivity contribution in [2.45, 2.75) is 50.6 Å². The molecule has 2 aromatic rings. The second-order valence-electron chi connectivity index (χ2n) is 12.6. The number of piperazine rings is 1. The molecular formula is C31H46N8O2. The Morgan fingerprint density at radius 1 is 0.976 bits per heavy atom. The molecule has 1 saturated carbocycles. The molecule has 4 fully saturated rings. The minimum absolute atomic E-state index is 0.153. The Balaban J connectivity index is 0.941. The molecule has 6 rings (SSSR count). The molecular weight excluding hydrogens is 516 g/mol. The topological polar surface area (TPSA) is 100 Å². The lowest BCUT2D eigenvalue weighted by Gasteiger charge is -2.63. The Kier molecular flexibility index (Phi) is 8.33. The minimum Gasteiger partial charge on any atom is -0.507 e. The van der Waals surface area contributed by atoms with E-state index in [0.717, 1.165) is 62.7 Å². The summed E-state index contributed by atoms with van der Waals surface area (Å²) in [5.74, 6) is 1.16. The summed E-state index contributed by atoms with van der Waals surface area (Å²) in [5, 5.41) is 25.0. The van der Waals surface area contributed by atoms with Gasteiger partial charge in [-0.1, -0.05) is 12.1 Å². The zero-order chi connectivity index (χ0) is 28.4. The summed E-state index contributed by atoms with van der Waals surface area (Å²) >= 11 is 0. The largest absolute Gasteiger partial charge is 0.507 e. The second-order valence-corrected chi connectivity index (χ2v) is 12.6. The van der Waals surface area contributed by atoms with Gasteiger partial charge in [-0.05, 0) is 75.4 Å². The van der Waals surface area contributed by atoms with Gasteiger partial charge in [-0.2, -0.15) is 0 Å². The Morgan fingerprint density at radius 2 is 1.71 bits per heavy atom. The molecule has 1 aromatic heterocycles. The number of anilines is 2. The van der Waals surface area contributed by atoms with Crippen LogP contribution in [-0.2, 0) is 4.79 Å². The molecule has 10 nitrogen and oxygen atoms in total. The highest BCUT2D eigenvalue weighted by atomic mass is 16.3. The lowest BCUT2D eigenvalue weighted by atomic mass is 9.59. The number of benzene rings is 1. The summed E-state index contributed by atoms with van der Waals surface area (Å²) in [6, 6.07) is 10.8. The lowest BCUT2D eigenvalue weighted by molar-refractivity contribution is -0.131. The number of hydrogen-bond acceptors (Lipinski definition) is 9. The summed E-state index contributed by atoms with van der Waals surface area (Å²) in [4.78, 5) is 21.9. The van der Waals surface area contributed by atoms with Crippen LogP contribution in [0.1, 0.15) is 38.5 Å². The molecule has 1 spiro atoms. The molecule has 3 saturated heterocycles. The first-order chi connectivity index (χ1) is 20.0. The zero-order valence-electron chi connectivity index (χ0n) is 24.7. The average Bonchev–Trinajstić information content (AvgIpc) is 2.96. The number of amides is 1. The van der Waals surface area contributed by atoms with Crippen LogP contribution in [0.25, 0.3) is 11.3 Å². The van der Waals surface area contributed by atoms with E-state index in [1.54, 1.807) is 13.1 Å². The Morgan fingerprint density at radius 3 is 2.39 bits per heavy atom. The van der Waals surface area contributed by atoms with Gasteiger partial charge in [-0.25, -0.2) is 0 Å². The van der Waals surface area contributed by atoms with Crippen molar-refractivity contribution < 1.29 is 9.90 Å².